The highest BCUT2D eigenvalue weighted by molar-refractivity contribution is 5.91. The van der Waals surface area contributed by atoms with Crippen molar-refractivity contribution in [2.75, 3.05) is 27.4 Å². The van der Waals surface area contributed by atoms with Crippen molar-refractivity contribution in [2.24, 2.45) is 0 Å². The maximum Gasteiger partial charge on any atom is 0.239 e. The van der Waals surface area contributed by atoms with Gasteiger partial charge in [-0.2, -0.15) is 0 Å². The van der Waals surface area contributed by atoms with Crippen molar-refractivity contribution in [1.82, 2.24) is 0 Å². The molecule has 1 saturated heterocycles. The topological polar surface area (TPSA) is 189 Å². The molecule has 0 amide bonds. The van der Waals surface area contributed by atoms with Crippen LogP contribution in [0.25, 0.3) is 22.3 Å². The molecule has 4 rings (SSSR count). The third kappa shape index (κ3) is 3.62. The number of phenolic OH excluding ortho intramolecular Hbond substituents is 3. The highest BCUT2D eigenvalue weighted by Crippen LogP contribution is 2.44. The van der Waals surface area contributed by atoms with Gasteiger partial charge < -0.3 is 54.0 Å². The number of rotatable bonds is 6. The summed E-state index contributed by atoms with van der Waals surface area (Å²) in [5.74, 6) is -2.44. The van der Waals surface area contributed by atoms with Gasteiger partial charge in [0.2, 0.25) is 23.2 Å². The molecule has 1 aliphatic rings. The Morgan fingerprint density at radius 2 is 1.82 bits per heavy atom. The average Bonchev–Trinajstić information content (AvgIpc) is 3.11. The number of benzene rings is 2. The molecule has 6 N–H and O–H groups in total. The molecular weight excluding hydrogens is 456 g/mol. The summed E-state index contributed by atoms with van der Waals surface area (Å²) in [5, 5.41) is 59.9. The standard InChI is InChI=1S/C22H22O12/c1-30-13-6-12-14(15(26)18(13)31-2)16(27)19(34-21-20(28)22(29,7-23)8-32-21)17(33-12)9-3-4-10(24)11(25)5-9/h3-6,20-21,23-26,28-29H,7-8H2,1-2H3/t20-,21+,22+/m1/s1. The molecule has 0 unspecified atom stereocenters. The molecule has 3 atom stereocenters. The van der Waals surface area contributed by atoms with Crippen LogP contribution in [0, 0.1) is 0 Å². The lowest BCUT2D eigenvalue weighted by Gasteiger charge is -2.24. The van der Waals surface area contributed by atoms with E-state index in [0.29, 0.717) is 0 Å². The Bertz CT molecular complexity index is 1300. The summed E-state index contributed by atoms with van der Waals surface area (Å²) in [4.78, 5) is 13.5. The summed E-state index contributed by atoms with van der Waals surface area (Å²) >= 11 is 0. The highest BCUT2D eigenvalue weighted by atomic mass is 16.7. The molecule has 1 aromatic heterocycles. The van der Waals surface area contributed by atoms with E-state index in [-0.39, 0.29) is 33.8 Å². The van der Waals surface area contributed by atoms with Crippen molar-refractivity contribution < 1.29 is 54.0 Å². The second-order valence-electron chi connectivity index (χ2n) is 7.63. The Labute approximate surface area is 191 Å². The molecule has 2 heterocycles. The third-order valence-corrected chi connectivity index (χ3v) is 5.51. The van der Waals surface area contributed by atoms with Crippen molar-refractivity contribution >= 4 is 11.0 Å². The lowest BCUT2D eigenvalue weighted by Crippen LogP contribution is -2.48. The van der Waals surface area contributed by atoms with Gasteiger partial charge in [-0.15, -0.1) is 0 Å². The smallest absolute Gasteiger partial charge is 0.239 e. The van der Waals surface area contributed by atoms with Gasteiger partial charge in [-0.05, 0) is 18.2 Å². The summed E-state index contributed by atoms with van der Waals surface area (Å²) in [7, 11) is 2.58. The number of methoxy groups -OCH3 is 2. The van der Waals surface area contributed by atoms with Crippen LogP contribution < -0.4 is 19.6 Å². The van der Waals surface area contributed by atoms with Crippen LogP contribution in [0.1, 0.15) is 0 Å². The van der Waals surface area contributed by atoms with Crippen LogP contribution in [0.15, 0.2) is 33.5 Å². The molecule has 0 spiro atoms. The minimum Gasteiger partial charge on any atom is -0.504 e. The number of phenols is 3. The number of ether oxygens (including phenoxy) is 4. The molecular formula is C22H22O12. The molecule has 3 aromatic rings. The number of aliphatic hydroxyl groups is 3. The van der Waals surface area contributed by atoms with Crippen LogP contribution in [-0.2, 0) is 4.74 Å². The van der Waals surface area contributed by atoms with Gasteiger partial charge in [0.15, 0.2) is 28.8 Å². The first-order valence-electron chi connectivity index (χ1n) is 9.91. The van der Waals surface area contributed by atoms with Gasteiger partial charge in [-0.1, -0.05) is 0 Å². The molecule has 0 radical (unpaired) electrons. The zero-order chi connectivity index (χ0) is 24.8. The fraction of sp³-hybridized carbons (Fsp3) is 0.318. The maximum atomic E-state index is 13.5. The second-order valence-corrected chi connectivity index (χ2v) is 7.63. The zero-order valence-electron chi connectivity index (χ0n) is 18.0. The minimum absolute atomic E-state index is 0.0615. The molecule has 182 valence electrons. The molecule has 2 aromatic carbocycles. The molecule has 0 saturated carbocycles. The monoisotopic (exact) mass is 478 g/mol. The van der Waals surface area contributed by atoms with E-state index in [1.807, 2.05) is 0 Å². The van der Waals surface area contributed by atoms with Crippen LogP contribution in [0.5, 0.6) is 34.5 Å². The SMILES string of the molecule is COc1cc2oc(-c3ccc(O)c(O)c3)c(O[C@@H]3OC[C@@](O)(CO)[C@@H]3O)c(=O)c2c(O)c1OC. The van der Waals surface area contributed by atoms with E-state index in [1.54, 1.807) is 0 Å². The van der Waals surface area contributed by atoms with Gasteiger partial charge in [0.1, 0.15) is 22.7 Å². The van der Waals surface area contributed by atoms with Gasteiger partial charge in [0.25, 0.3) is 0 Å². The normalized spacial score (nSPS) is 22.1. The largest absolute Gasteiger partial charge is 0.504 e. The van der Waals surface area contributed by atoms with Crippen LogP contribution in [-0.4, -0.2) is 76.1 Å². The number of aromatic hydroxyl groups is 3. The van der Waals surface area contributed by atoms with E-state index in [0.717, 1.165) is 12.1 Å². The van der Waals surface area contributed by atoms with Crippen LogP contribution >= 0.6 is 0 Å². The van der Waals surface area contributed by atoms with Crippen molar-refractivity contribution in [2.45, 2.75) is 18.0 Å². The molecule has 1 aliphatic heterocycles. The Kier molecular flexibility index (Phi) is 5.91. The van der Waals surface area contributed by atoms with E-state index < -0.39 is 59.6 Å². The molecule has 0 bridgehead atoms. The van der Waals surface area contributed by atoms with Crippen LogP contribution in [0.4, 0.5) is 0 Å². The van der Waals surface area contributed by atoms with Gasteiger partial charge in [-0.25, -0.2) is 0 Å². The predicted octanol–water partition coefficient (Wildman–Crippen LogP) is 0.413. The van der Waals surface area contributed by atoms with Gasteiger partial charge in [0.05, 0.1) is 27.4 Å². The predicted molar refractivity (Wildman–Crippen MR) is 114 cm³/mol. The van der Waals surface area contributed by atoms with Crippen LogP contribution in [0.3, 0.4) is 0 Å². The van der Waals surface area contributed by atoms with E-state index >= 15 is 0 Å². The molecule has 0 aliphatic carbocycles. The first kappa shape index (κ1) is 23.4. The Morgan fingerprint density at radius 1 is 1.09 bits per heavy atom. The Balaban J connectivity index is 1.97. The molecule has 12 heteroatoms. The van der Waals surface area contributed by atoms with Gasteiger partial charge in [-0.3, -0.25) is 4.79 Å². The molecule has 12 nitrogen and oxygen atoms in total. The van der Waals surface area contributed by atoms with Crippen molar-refractivity contribution in [3.05, 3.63) is 34.5 Å². The molecule has 1 fully saturated rings. The lowest BCUT2D eigenvalue weighted by atomic mass is 10.0. The van der Waals surface area contributed by atoms with E-state index in [9.17, 15) is 35.4 Å². The number of hydrogen-bond acceptors (Lipinski definition) is 12. The van der Waals surface area contributed by atoms with E-state index in [1.165, 1.54) is 26.4 Å². The van der Waals surface area contributed by atoms with Crippen molar-refractivity contribution in [1.29, 1.82) is 0 Å². The number of fused-ring (bicyclic) bond motifs is 1. The number of aliphatic hydroxyl groups excluding tert-OH is 2. The summed E-state index contributed by atoms with van der Waals surface area (Å²) in [6.07, 6.45) is -3.34. The fourth-order valence-electron chi connectivity index (χ4n) is 3.60. The first-order chi connectivity index (χ1) is 16.1. The van der Waals surface area contributed by atoms with Gasteiger partial charge in [0, 0.05) is 11.6 Å². The van der Waals surface area contributed by atoms with E-state index in [4.69, 9.17) is 23.4 Å². The number of hydrogen-bond donors (Lipinski definition) is 6. The van der Waals surface area contributed by atoms with Crippen molar-refractivity contribution in [3.63, 3.8) is 0 Å². The quantitative estimate of drug-likeness (QED) is 0.268. The first-order valence-corrected chi connectivity index (χ1v) is 9.91. The Morgan fingerprint density at radius 3 is 2.41 bits per heavy atom. The minimum atomic E-state index is -2.03. The maximum absolute atomic E-state index is 13.5. The summed E-state index contributed by atoms with van der Waals surface area (Å²) in [6.45, 7) is -1.32. The van der Waals surface area contributed by atoms with Crippen LogP contribution in [0.2, 0.25) is 0 Å². The summed E-state index contributed by atoms with van der Waals surface area (Å²) in [5.41, 5.74) is -2.98. The highest BCUT2D eigenvalue weighted by Gasteiger charge is 2.49. The lowest BCUT2D eigenvalue weighted by molar-refractivity contribution is -0.116. The van der Waals surface area contributed by atoms with Crippen molar-refractivity contribution in [3.8, 4) is 45.8 Å². The van der Waals surface area contributed by atoms with Gasteiger partial charge >= 0.3 is 0 Å². The molecule has 34 heavy (non-hydrogen) atoms. The second kappa shape index (κ2) is 8.57. The zero-order valence-corrected chi connectivity index (χ0v) is 18.0. The van der Waals surface area contributed by atoms with E-state index in [2.05, 4.69) is 0 Å². The summed E-state index contributed by atoms with van der Waals surface area (Å²) in [6, 6.07) is 4.87. The average molecular weight is 478 g/mol. The fourth-order valence-corrected chi connectivity index (χ4v) is 3.60. The summed E-state index contributed by atoms with van der Waals surface area (Å²) < 4.78 is 27.0. The Hall–Kier alpha value is -3.71. The third-order valence-electron chi connectivity index (χ3n) is 5.51.